The third-order valence-corrected chi connectivity index (χ3v) is 3.81. The van der Waals surface area contributed by atoms with Gasteiger partial charge in [-0.25, -0.2) is 0 Å². The Morgan fingerprint density at radius 1 is 1.10 bits per heavy atom. The number of anilines is 1. The molecule has 0 aliphatic carbocycles. The van der Waals surface area contributed by atoms with E-state index in [1.807, 2.05) is 6.07 Å². The van der Waals surface area contributed by atoms with E-state index < -0.39 is 0 Å². The molecule has 0 amide bonds. The number of rotatable bonds is 5. The zero-order valence-electron chi connectivity index (χ0n) is 12.6. The van der Waals surface area contributed by atoms with Crippen molar-refractivity contribution in [2.45, 2.75) is 32.7 Å². The van der Waals surface area contributed by atoms with Crippen molar-refractivity contribution in [3.63, 3.8) is 0 Å². The summed E-state index contributed by atoms with van der Waals surface area (Å²) in [6.45, 7) is 4.69. The van der Waals surface area contributed by atoms with E-state index in [-0.39, 0.29) is 6.04 Å². The summed E-state index contributed by atoms with van der Waals surface area (Å²) in [5, 5.41) is 3.61. The standard InChI is InChI=1S/C18H21NO2/c1-3-6-14-7-4-5-8-16(14)19-13(2)15-9-10-17-18(11-15)21-12-20-17/h4-5,7-11,13,19H,3,6,12H2,1-2H3. The molecule has 0 spiro atoms. The van der Waals surface area contributed by atoms with Gasteiger partial charge in [0.25, 0.3) is 0 Å². The van der Waals surface area contributed by atoms with Gasteiger partial charge in [-0.1, -0.05) is 37.6 Å². The number of hydrogen-bond donors (Lipinski definition) is 1. The minimum atomic E-state index is 0.220. The molecule has 0 bridgehead atoms. The van der Waals surface area contributed by atoms with Gasteiger partial charge in [-0.2, -0.15) is 0 Å². The van der Waals surface area contributed by atoms with Gasteiger partial charge >= 0.3 is 0 Å². The van der Waals surface area contributed by atoms with Crippen molar-refractivity contribution in [2.75, 3.05) is 12.1 Å². The number of ether oxygens (including phenoxy) is 2. The largest absolute Gasteiger partial charge is 0.454 e. The molecular weight excluding hydrogens is 262 g/mol. The Bertz CT molecular complexity index is 624. The minimum Gasteiger partial charge on any atom is -0.454 e. The number of aryl methyl sites for hydroxylation is 1. The maximum absolute atomic E-state index is 5.45. The van der Waals surface area contributed by atoms with Crippen LogP contribution in [0.25, 0.3) is 0 Å². The van der Waals surface area contributed by atoms with Crippen LogP contribution in [-0.2, 0) is 6.42 Å². The highest BCUT2D eigenvalue weighted by Crippen LogP contribution is 2.35. The lowest BCUT2D eigenvalue weighted by Crippen LogP contribution is -2.08. The van der Waals surface area contributed by atoms with E-state index in [1.165, 1.54) is 16.8 Å². The average Bonchev–Trinajstić information content (AvgIpc) is 2.97. The smallest absolute Gasteiger partial charge is 0.231 e. The lowest BCUT2D eigenvalue weighted by molar-refractivity contribution is 0.174. The molecule has 3 nitrogen and oxygen atoms in total. The Balaban J connectivity index is 1.78. The van der Waals surface area contributed by atoms with Crippen LogP contribution < -0.4 is 14.8 Å². The van der Waals surface area contributed by atoms with Crippen LogP contribution in [0.3, 0.4) is 0 Å². The molecule has 0 saturated heterocycles. The maximum atomic E-state index is 5.45. The van der Waals surface area contributed by atoms with Crippen molar-refractivity contribution < 1.29 is 9.47 Å². The predicted octanol–water partition coefficient (Wildman–Crippen LogP) is 4.54. The summed E-state index contributed by atoms with van der Waals surface area (Å²) in [5.74, 6) is 1.67. The van der Waals surface area contributed by atoms with Gasteiger partial charge in [-0.05, 0) is 42.7 Å². The van der Waals surface area contributed by atoms with Gasteiger partial charge in [0, 0.05) is 11.7 Å². The maximum Gasteiger partial charge on any atom is 0.231 e. The summed E-state index contributed by atoms with van der Waals surface area (Å²) in [4.78, 5) is 0. The first-order valence-corrected chi connectivity index (χ1v) is 7.52. The van der Waals surface area contributed by atoms with E-state index in [0.29, 0.717) is 6.79 Å². The topological polar surface area (TPSA) is 30.5 Å². The van der Waals surface area contributed by atoms with Gasteiger partial charge in [0.15, 0.2) is 11.5 Å². The highest BCUT2D eigenvalue weighted by Gasteiger charge is 2.16. The Labute approximate surface area is 125 Å². The van der Waals surface area contributed by atoms with Crippen molar-refractivity contribution in [1.82, 2.24) is 0 Å². The van der Waals surface area contributed by atoms with Crippen molar-refractivity contribution in [1.29, 1.82) is 0 Å². The second-order valence-corrected chi connectivity index (χ2v) is 5.39. The Kier molecular flexibility index (Phi) is 4.00. The molecule has 1 aliphatic heterocycles. The van der Waals surface area contributed by atoms with E-state index in [0.717, 1.165) is 24.3 Å². The molecule has 21 heavy (non-hydrogen) atoms. The van der Waals surface area contributed by atoms with Gasteiger partial charge in [-0.15, -0.1) is 0 Å². The first kappa shape index (κ1) is 13.8. The molecule has 0 radical (unpaired) electrons. The highest BCUT2D eigenvalue weighted by atomic mass is 16.7. The average molecular weight is 283 g/mol. The second-order valence-electron chi connectivity index (χ2n) is 5.39. The molecule has 110 valence electrons. The van der Waals surface area contributed by atoms with Crippen LogP contribution in [0.1, 0.15) is 37.4 Å². The number of nitrogens with one attached hydrogen (secondary N) is 1. The van der Waals surface area contributed by atoms with Crippen LogP contribution in [0.4, 0.5) is 5.69 Å². The molecule has 1 N–H and O–H groups in total. The first-order chi connectivity index (χ1) is 10.3. The van der Waals surface area contributed by atoms with Crippen LogP contribution in [-0.4, -0.2) is 6.79 Å². The number of fused-ring (bicyclic) bond motifs is 1. The van der Waals surface area contributed by atoms with Crippen LogP contribution in [0, 0.1) is 0 Å². The van der Waals surface area contributed by atoms with E-state index in [9.17, 15) is 0 Å². The van der Waals surface area contributed by atoms with E-state index in [4.69, 9.17) is 9.47 Å². The van der Waals surface area contributed by atoms with Crippen molar-refractivity contribution in [3.8, 4) is 11.5 Å². The summed E-state index contributed by atoms with van der Waals surface area (Å²) < 4.78 is 10.8. The van der Waals surface area contributed by atoms with Crippen LogP contribution >= 0.6 is 0 Å². The molecule has 0 fully saturated rings. The number of para-hydroxylation sites is 1. The molecule has 3 rings (SSSR count). The third kappa shape index (κ3) is 2.97. The minimum absolute atomic E-state index is 0.220. The van der Waals surface area contributed by atoms with E-state index in [1.54, 1.807) is 0 Å². The third-order valence-electron chi connectivity index (χ3n) is 3.81. The van der Waals surface area contributed by atoms with Gasteiger partial charge in [0.05, 0.1) is 0 Å². The molecular formula is C18H21NO2. The molecule has 3 heteroatoms. The fraction of sp³-hybridized carbons (Fsp3) is 0.333. The lowest BCUT2D eigenvalue weighted by Gasteiger charge is -2.18. The van der Waals surface area contributed by atoms with Gasteiger partial charge < -0.3 is 14.8 Å². The SMILES string of the molecule is CCCc1ccccc1NC(C)c1ccc2c(c1)OCO2. The molecule has 2 aromatic carbocycles. The van der Waals surface area contributed by atoms with E-state index >= 15 is 0 Å². The normalized spacial score (nSPS) is 14.0. The zero-order valence-corrected chi connectivity index (χ0v) is 12.6. The Morgan fingerprint density at radius 2 is 1.90 bits per heavy atom. The lowest BCUT2D eigenvalue weighted by atomic mass is 10.0. The van der Waals surface area contributed by atoms with Gasteiger partial charge in [0.1, 0.15) is 0 Å². The van der Waals surface area contributed by atoms with Crippen molar-refractivity contribution in [3.05, 3.63) is 53.6 Å². The fourth-order valence-electron chi connectivity index (χ4n) is 2.65. The van der Waals surface area contributed by atoms with Gasteiger partial charge in [0.2, 0.25) is 6.79 Å². The summed E-state index contributed by atoms with van der Waals surface area (Å²) in [7, 11) is 0. The molecule has 1 heterocycles. The molecule has 1 atom stereocenters. The molecule has 2 aromatic rings. The first-order valence-electron chi connectivity index (χ1n) is 7.52. The van der Waals surface area contributed by atoms with Crippen LogP contribution in [0.2, 0.25) is 0 Å². The summed E-state index contributed by atoms with van der Waals surface area (Å²) in [5.41, 5.74) is 3.78. The van der Waals surface area contributed by atoms with Gasteiger partial charge in [-0.3, -0.25) is 0 Å². The highest BCUT2D eigenvalue weighted by molar-refractivity contribution is 5.54. The second kappa shape index (κ2) is 6.08. The monoisotopic (exact) mass is 283 g/mol. The fourth-order valence-corrected chi connectivity index (χ4v) is 2.65. The molecule has 1 aliphatic rings. The molecule has 0 aromatic heterocycles. The van der Waals surface area contributed by atoms with Crippen LogP contribution in [0.15, 0.2) is 42.5 Å². The molecule has 1 unspecified atom stereocenters. The number of hydrogen-bond acceptors (Lipinski definition) is 3. The van der Waals surface area contributed by atoms with Crippen LogP contribution in [0.5, 0.6) is 11.5 Å². The van der Waals surface area contributed by atoms with Crippen molar-refractivity contribution in [2.24, 2.45) is 0 Å². The van der Waals surface area contributed by atoms with E-state index in [2.05, 4.69) is 55.6 Å². The zero-order chi connectivity index (χ0) is 14.7. The summed E-state index contributed by atoms with van der Waals surface area (Å²) in [6.07, 6.45) is 2.24. The summed E-state index contributed by atoms with van der Waals surface area (Å²) in [6, 6.07) is 14.9. The quantitative estimate of drug-likeness (QED) is 0.873. The number of benzene rings is 2. The Morgan fingerprint density at radius 3 is 2.76 bits per heavy atom. The summed E-state index contributed by atoms with van der Waals surface area (Å²) >= 11 is 0. The molecule has 0 saturated carbocycles. The Hall–Kier alpha value is -2.16. The predicted molar refractivity (Wildman–Crippen MR) is 85.0 cm³/mol. The van der Waals surface area contributed by atoms with Crippen molar-refractivity contribution >= 4 is 5.69 Å².